The number of pyridine rings is 1. The highest BCUT2D eigenvalue weighted by Crippen LogP contribution is 2.20. The number of nitrogens with zero attached hydrogens (tertiary/aromatic N) is 4. The molecule has 7 nitrogen and oxygen atoms in total. The third-order valence-corrected chi connectivity index (χ3v) is 4.21. The van der Waals surface area contributed by atoms with Gasteiger partial charge in [-0.25, -0.2) is 9.50 Å². The normalized spacial score (nSPS) is 17.8. The minimum Gasteiger partial charge on any atom is -0.348 e. The van der Waals surface area contributed by atoms with Gasteiger partial charge in [0.25, 0.3) is 5.91 Å². The fraction of sp³-hybridized carbons (Fsp3) is 0.294. The number of rotatable bonds is 3. The van der Waals surface area contributed by atoms with Gasteiger partial charge in [0, 0.05) is 31.2 Å². The van der Waals surface area contributed by atoms with E-state index in [2.05, 4.69) is 25.7 Å². The van der Waals surface area contributed by atoms with Crippen molar-refractivity contribution in [2.24, 2.45) is 0 Å². The van der Waals surface area contributed by atoms with Crippen molar-refractivity contribution in [2.45, 2.75) is 18.9 Å². The van der Waals surface area contributed by atoms with E-state index in [1.807, 2.05) is 18.3 Å². The number of piperidine rings is 1. The summed E-state index contributed by atoms with van der Waals surface area (Å²) in [5.74, 6) is -0.0826. The van der Waals surface area contributed by atoms with Crippen LogP contribution in [-0.2, 0) is 0 Å². The second kappa shape index (κ2) is 6.37. The molecule has 1 fully saturated rings. The number of amides is 1. The molecule has 1 atom stereocenters. The van der Waals surface area contributed by atoms with Crippen LogP contribution in [0.2, 0.25) is 0 Å². The number of nitrogens with one attached hydrogen (secondary N) is 2. The second-order valence-electron chi connectivity index (χ2n) is 5.89. The van der Waals surface area contributed by atoms with E-state index >= 15 is 0 Å². The Hall–Kier alpha value is -2.80. The van der Waals surface area contributed by atoms with Crippen LogP contribution >= 0.6 is 0 Å². The quantitative estimate of drug-likeness (QED) is 0.759. The van der Waals surface area contributed by atoms with E-state index < -0.39 is 0 Å². The summed E-state index contributed by atoms with van der Waals surface area (Å²) >= 11 is 0. The summed E-state index contributed by atoms with van der Waals surface area (Å²) < 4.78 is 1.70. The number of carbonyl (C=O) groups excluding carboxylic acids is 1. The molecule has 0 bridgehead atoms. The molecule has 1 unspecified atom stereocenters. The van der Waals surface area contributed by atoms with Crippen molar-refractivity contribution in [2.75, 3.05) is 13.1 Å². The van der Waals surface area contributed by atoms with E-state index in [0.29, 0.717) is 5.56 Å². The minimum absolute atomic E-state index is 0.0826. The molecule has 122 valence electrons. The van der Waals surface area contributed by atoms with Crippen LogP contribution in [0, 0.1) is 0 Å². The van der Waals surface area contributed by atoms with E-state index in [4.69, 9.17) is 0 Å². The zero-order chi connectivity index (χ0) is 16.4. The van der Waals surface area contributed by atoms with Crippen molar-refractivity contribution in [1.82, 2.24) is 30.2 Å². The van der Waals surface area contributed by atoms with Gasteiger partial charge in [0.2, 0.25) is 0 Å². The van der Waals surface area contributed by atoms with Gasteiger partial charge in [0.05, 0.1) is 23.0 Å². The van der Waals surface area contributed by atoms with Crippen molar-refractivity contribution in [3.05, 3.63) is 48.5 Å². The van der Waals surface area contributed by atoms with Crippen molar-refractivity contribution < 1.29 is 4.79 Å². The molecule has 0 spiro atoms. The van der Waals surface area contributed by atoms with Crippen molar-refractivity contribution in [3.8, 4) is 11.3 Å². The van der Waals surface area contributed by atoms with Gasteiger partial charge in [-0.05, 0) is 37.6 Å². The minimum atomic E-state index is -0.0826. The van der Waals surface area contributed by atoms with Crippen LogP contribution in [0.3, 0.4) is 0 Å². The van der Waals surface area contributed by atoms with Crippen LogP contribution < -0.4 is 10.6 Å². The van der Waals surface area contributed by atoms with E-state index in [1.165, 1.54) is 0 Å². The molecule has 1 amide bonds. The molecule has 4 heterocycles. The van der Waals surface area contributed by atoms with Gasteiger partial charge >= 0.3 is 0 Å². The van der Waals surface area contributed by atoms with Gasteiger partial charge in [-0.2, -0.15) is 5.10 Å². The standard InChI is InChI=1S/C17H18N6O/c24-17(22-13-3-1-6-18-10-13)12-4-5-15(20-9-12)14-11-21-23-8-2-7-19-16(14)23/h2,4-5,7-9,11,13,18H,1,3,6,10H2,(H,22,24). The monoisotopic (exact) mass is 322 g/mol. The zero-order valence-corrected chi connectivity index (χ0v) is 13.1. The molecule has 3 aromatic heterocycles. The number of hydrogen-bond donors (Lipinski definition) is 2. The molecule has 1 aliphatic heterocycles. The average molecular weight is 322 g/mol. The highest BCUT2D eigenvalue weighted by molar-refractivity contribution is 5.94. The summed E-state index contributed by atoms with van der Waals surface area (Å²) in [4.78, 5) is 21.1. The predicted octanol–water partition coefficient (Wildman–Crippen LogP) is 1.27. The maximum Gasteiger partial charge on any atom is 0.253 e. The molecule has 0 aliphatic carbocycles. The van der Waals surface area contributed by atoms with E-state index in [9.17, 15) is 4.79 Å². The van der Waals surface area contributed by atoms with Crippen LogP contribution in [0.5, 0.6) is 0 Å². The highest BCUT2D eigenvalue weighted by atomic mass is 16.1. The fourth-order valence-electron chi connectivity index (χ4n) is 2.94. The Morgan fingerprint density at radius 2 is 2.25 bits per heavy atom. The molecule has 7 heteroatoms. The summed E-state index contributed by atoms with van der Waals surface area (Å²) in [6, 6.07) is 5.64. The molecule has 2 N–H and O–H groups in total. The molecule has 3 aromatic rings. The summed E-state index contributed by atoms with van der Waals surface area (Å²) in [6.07, 6.45) is 9.00. The van der Waals surface area contributed by atoms with Gasteiger partial charge in [-0.1, -0.05) is 0 Å². The average Bonchev–Trinajstić information content (AvgIpc) is 3.07. The Morgan fingerprint density at radius 3 is 3.04 bits per heavy atom. The van der Waals surface area contributed by atoms with Gasteiger partial charge in [-0.15, -0.1) is 0 Å². The summed E-state index contributed by atoms with van der Waals surface area (Å²) in [6.45, 7) is 1.85. The zero-order valence-electron chi connectivity index (χ0n) is 13.1. The van der Waals surface area contributed by atoms with Crippen LogP contribution in [0.15, 0.2) is 43.0 Å². The lowest BCUT2D eigenvalue weighted by Gasteiger charge is -2.23. The van der Waals surface area contributed by atoms with E-state index in [1.54, 1.807) is 29.2 Å². The van der Waals surface area contributed by atoms with Crippen molar-refractivity contribution >= 4 is 11.6 Å². The first-order valence-electron chi connectivity index (χ1n) is 8.07. The molecule has 1 saturated heterocycles. The molecular formula is C17H18N6O. The molecule has 0 radical (unpaired) electrons. The maximum atomic E-state index is 12.3. The summed E-state index contributed by atoms with van der Waals surface area (Å²) in [7, 11) is 0. The first-order valence-corrected chi connectivity index (χ1v) is 8.07. The largest absolute Gasteiger partial charge is 0.348 e. The van der Waals surface area contributed by atoms with Gasteiger partial charge in [-0.3, -0.25) is 9.78 Å². The highest BCUT2D eigenvalue weighted by Gasteiger charge is 2.17. The molecule has 24 heavy (non-hydrogen) atoms. The Balaban J connectivity index is 1.53. The van der Waals surface area contributed by atoms with Crippen LogP contribution in [0.1, 0.15) is 23.2 Å². The molecule has 0 aromatic carbocycles. The third kappa shape index (κ3) is 2.85. The van der Waals surface area contributed by atoms with Gasteiger partial charge in [0.15, 0.2) is 5.65 Å². The van der Waals surface area contributed by atoms with Crippen molar-refractivity contribution in [3.63, 3.8) is 0 Å². The number of fused-ring (bicyclic) bond motifs is 1. The number of carbonyl (C=O) groups is 1. The predicted molar refractivity (Wildman–Crippen MR) is 89.6 cm³/mol. The molecule has 0 saturated carbocycles. The van der Waals surface area contributed by atoms with Crippen LogP contribution in [0.4, 0.5) is 0 Å². The summed E-state index contributed by atoms with van der Waals surface area (Å²) in [5, 5.41) is 10.6. The molecular weight excluding hydrogens is 304 g/mol. The Kier molecular flexibility index (Phi) is 3.92. The number of aromatic nitrogens is 4. The first-order chi connectivity index (χ1) is 11.8. The SMILES string of the molecule is O=C(NC1CCCNC1)c1ccc(-c2cnn3cccnc23)nc1. The van der Waals surface area contributed by atoms with Gasteiger partial charge < -0.3 is 10.6 Å². The van der Waals surface area contributed by atoms with Crippen LogP contribution in [-0.4, -0.2) is 44.6 Å². The maximum absolute atomic E-state index is 12.3. The Bertz CT molecular complexity index is 851. The smallest absolute Gasteiger partial charge is 0.253 e. The number of hydrogen-bond acceptors (Lipinski definition) is 5. The van der Waals surface area contributed by atoms with E-state index in [-0.39, 0.29) is 11.9 Å². The Labute approximate surface area is 139 Å². The first kappa shape index (κ1) is 14.8. The van der Waals surface area contributed by atoms with E-state index in [0.717, 1.165) is 42.8 Å². The third-order valence-electron chi connectivity index (χ3n) is 4.21. The van der Waals surface area contributed by atoms with Gasteiger partial charge in [0.1, 0.15) is 0 Å². The second-order valence-corrected chi connectivity index (χ2v) is 5.89. The lowest BCUT2D eigenvalue weighted by molar-refractivity contribution is 0.0930. The fourth-order valence-corrected chi connectivity index (χ4v) is 2.94. The molecule has 1 aliphatic rings. The van der Waals surface area contributed by atoms with Crippen molar-refractivity contribution in [1.29, 1.82) is 0 Å². The lowest BCUT2D eigenvalue weighted by Crippen LogP contribution is -2.45. The topological polar surface area (TPSA) is 84.2 Å². The molecule has 4 rings (SSSR count). The summed E-state index contributed by atoms with van der Waals surface area (Å²) in [5.41, 5.74) is 2.91. The lowest BCUT2D eigenvalue weighted by atomic mass is 10.1. The van der Waals surface area contributed by atoms with Crippen LogP contribution in [0.25, 0.3) is 16.9 Å². The Morgan fingerprint density at radius 1 is 1.29 bits per heavy atom.